The second-order valence-electron chi connectivity index (χ2n) is 11.1. The lowest BCUT2D eigenvalue weighted by atomic mass is 10.1. The van der Waals surface area contributed by atoms with Gasteiger partial charge < -0.3 is 21.1 Å². The van der Waals surface area contributed by atoms with Gasteiger partial charge in [0, 0.05) is 39.3 Å². The molecule has 0 spiro atoms. The Labute approximate surface area is 231 Å². The first-order chi connectivity index (χ1) is 18.7. The van der Waals surface area contributed by atoms with Crippen LogP contribution in [0.5, 0.6) is 0 Å². The molecule has 2 heterocycles. The molecule has 3 atom stereocenters. The predicted octanol–water partition coefficient (Wildman–Crippen LogP) is 3.97. The quantitative estimate of drug-likeness (QED) is 0.333. The molecule has 3 unspecified atom stereocenters. The first-order valence-corrected chi connectivity index (χ1v) is 15.3. The van der Waals surface area contributed by atoms with E-state index >= 15 is 0 Å². The van der Waals surface area contributed by atoms with Gasteiger partial charge in [-0.1, -0.05) is 68.9 Å². The lowest BCUT2D eigenvalue weighted by molar-refractivity contribution is 0.0570. The Morgan fingerprint density at radius 2 is 1.61 bits per heavy atom. The van der Waals surface area contributed by atoms with Crippen molar-refractivity contribution in [2.45, 2.75) is 83.4 Å². The van der Waals surface area contributed by atoms with Gasteiger partial charge in [0.05, 0.1) is 12.8 Å². The van der Waals surface area contributed by atoms with Gasteiger partial charge in [0.2, 0.25) is 0 Å². The summed E-state index contributed by atoms with van der Waals surface area (Å²) in [5.41, 5.74) is 7.74. The Kier molecular flexibility index (Phi) is 15.7. The van der Waals surface area contributed by atoms with E-state index in [0.717, 1.165) is 64.3 Å². The first kappa shape index (κ1) is 30.8. The normalized spacial score (nSPS) is 23.6. The molecular formula is C30H54N6O2. The Morgan fingerprint density at radius 3 is 2.42 bits per heavy atom. The number of benzene rings is 1. The van der Waals surface area contributed by atoms with Crippen molar-refractivity contribution < 1.29 is 9.53 Å². The Balaban J connectivity index is 1.18. The number of alkyl carbamates (subject to hydrolysis) is 1. The fourth-order valence-electron chi connectivity index (χ4n) is 5.49. The van der Waals surface area contributed by atoms with Gasteiger partial charge in [-0.2, -0.15) is 0 Å². The van der Waals surface area contributed by atoms with Gasteiger partial charge >= 0.3 is 6.09 Å². The van der Waals surface area contributed by atoms with Crippen molar-refractivity contribution in [3.8, 4) is 0 Å². The minimum absolute atomic E-state index is 0.146. The molecule has 38 heavy (non-hydrogen) atoms. The van der Waals surface area contributed by atoms with Crippen LogP contribution in [0.25, 0.3) is 0 Å². The smallest absolute Gasteiger partial charge is 0.407 e. The Bertz CT molecular complexity index is 737. The zero-order valence-corrected chi connectivity index (χ0v) is 23.8. The molecule has 2 fully saturated rings. The summed E-state index contributed by atoms with van der Waals surface area (Å²) in [7, 11) is 0. The third kappa shape index (κ3) is 13.4. The molecule has 0 aliphatic carbocycles. The summed E-state index contributed by atoms with van der Waals surface area (Å²) < 4.78 is 5.25. The van der Waals surface area contributed by atoms with Crippen LogP contribution in [0.15, 0.2) is 30.3 Å². The maximum absolute atomic E-state index is 11.8. The molecule has 4 N–H and O–H groups in total. The Hall–Kier alpha value is -1.71. The zero-order valence-electron chi connectivity index (χ0n) is 23.8. The van der Waals surface area contributed by atoms with Crippen LogP contribution in [0.4, 0.5) is 4.79 Å². The molecule has 8 heteroatoms. The largest absolute Gasteiger partial charge is 0.445 e. The predicted molar refractivity (Wildman–Crippen MR) is 156 cm³/mol. The van der Waals surface area contributed by atoms with E-state index in [-0.39, 0.29) is 12.3 Å². The van der Waals surface area contributed by atoms with Crippen LogP contribution < -0.4 is 16.4 Å². The van der Waals surface area contributed by atoms with Crippen molar-refractivity contribution in [3.05, 3.63) is 35.9 Å². The van der Waals surface area contributed by atoms with Crippen molar-refractivity contribution >= 4 is 6.09 Å². The van der Waals surface area contributed by atoms with Crippen molar-refractivity contribution in [1.82, 2.24) is 25.3 Å². The van der Waals surface area contributed by atoms with Crippen LogP contribution in [-0.4, -0.2) is 92.5 Å². The number of fused-ring (bicyclic) bond motifs is 2. The van der Waals surface area contributed by atoms with Gasteiger partial charge in [-0.15, -0.1) is 0 Å². The fraction of sp³-hybridized carbons (Fsp3) is 0.767. The van der Waals surface area contributed by atoms with Crippen LogP contribution in [0.2, 0.25) is 0 Å². The second kappa shape index (κ2) is 19.4. The highest BCUT2D eigenvalue weighted by Gasteiger charge is 2.22. The highest BCUT2D eigenvalue weighted by atomic mass is 16.5. The molecule has 2 aliphatic heterocycles. The van der Waals surface area contributed by atoms with E-state index in [0.29, 0.717) is 13.2 Å². The molecule has 2 saturated heterocycles. The lowest BCUT2D eigenvalue weighted by Crippen LogP contribution is -2.54. The summed E-state index contributed by atoms with van der Waals surface area (Å²) in [6.07, 6.45) is 13.4. The van der Waals surface area contributed by atoms with Crippen molar-refractivity contribution in [2.75, 3.05) is 65.6 Å². The van der Waals surface area contributed by atoms with Crippen LogP contribution in [0, 0.1) is 0 Å². The van der Waals surface area contributed by atoms with E-state index in [1.54, 1.807) is 0 Å². The Morgan fingerprint density at radius 1 is 0.868 bits per heavy atom. The van der Waals surface area contributed by atoms with Gasteiger partial charge in [-0.25, -0.2) is 4.79 Å². The van der Waals surface area contributed by atoms with Gasteiger partial charge in [0.15, 0.2) is 0 Å². The van der Waals surface area contributed by atoms with Crippen LogP contribution in [0.3, 0.4) is 0 Å². The summed E-state index contributed by atoms with van der Waals surface area (Å²) in [5, 5.41) is 6.48. The molecule has 1 aromatic rings. The zero-order chi connectivity index (χ0) is 26.7. The standard InChI is InChI=1S/C30H54N6O2/c31-29-25-35-21-14-20-34(27-35)24-19-32-17-11-13-23-36(29)22-12-6-4-2-1-3-5-10-18-33-30(37)38-26-28-15-8-7-9-16-28/h7-9,15-16,29,32H,1-6,10-14,17-27,31H2,(H,33,37). The van der Waals surface area contributed by atoms with Gasteiger partial charge in [0.25, 0.3) is 0 Å². The molecule has 0 aromatic heterocycles. The van der Waals surface area contributed by atoms with E-state index in [1.807, 2.05) is 30.3 Å². The molecule has 2 bridgehead atoms. The molecule has 2 aliphatic rings. The summed E-state index contributed by atoms with van der Waals surface area (Å²) in [4.78, 5) is 19.5. The average molecular weight is 531 g/mol. The monoisotopic (exact) mass is 530 g/mol. The van der Waals surface area contributed by atoms with Crippen molar-refractivity contribution in [1.29, 1.82) is 0 Å². The molecule has 0 saturated carbocycles. The minimum atomic E-state index is -0.323. The van der Waals surface area contributed by atoms with Crippen LogP contribution in [0.1, 0.15) is 76.2 Å². The summed E-state index contributed by atoms with van der Waals surface area (Å²) in [6, 6.07) is 9.78. The SMILES string of the molecule is NC1CN2CCCN(CCNCCCCN1CCCCCCCCCCNC(=O)OCc1ccccc1)C2. The van der Waals surface area contributed by atoms with E-state index in [4.69, 9.17) is 10.5 Å². The van der Waals surface area contributed by atoms with E-state index in [2.05, 4.69) is 25.3 Å². The minimum Gasteiger partial charge on any atom is -0.445 e. The summed E-state index contributed by atoms with van der Waals surface area (Å²) in [5.74, 6) is 0. The number of nitrogens with one attached hydrogen (secondary N) is 2. The molecule has 8 nitrogen and oxygen atoms in total. The topological polar surface area (TPSA) is 86.1 Å². The number of carbonyl (C=O) groups excluding carboxylic acids is 1. The maximum atomic E-state index is 11.8. The molecule has 1 amide bonds. The molecular weight excluding hydrogens is 476 g/mol. The average Bonchev–Trinajstić information content (AvgIpc) is 2.94. The molecule has 1 aromatic carbocycles. The number of rotatable bonds is 13. The number of unbranched alkanes of at least 4 members (excludes halogenated alkanes) is 7. The number of ether oxygens (including phenoxy) is 1. The summed E-state index contributed by atoms with van der Waals surface area (Å²) >= 11 is 0. The first-order valence-electron chi connectivity index (χ1n) is 15.3. The van der Waals surface area contributed by atoms with E-state index in [1.165, 1.54) is 70.9 Å². The highest BCUT2D eigenvalue weighted by molar-refractivity contribution is 5.67. The van der Waals surface area contributed by atoms with E-state index < -0.39 is 0 Å². The second-order valence-corrected chi connectivity index (χ2v) is 11.1. The molecule has 3 rings (SSSR count). The highest BCUT2D eigenvalue weighted by Crippen LogP contribution is 2.12. The molecule has 0 radical (unpaired) electrons. The summed E-state index contributed by atoms with van der Waals surface area (Å²) in [6.45, 7) is 11.1. The van der Waals surface area contributed by atoms with Gasteiger partial charge in [-0.05, 0) is 57.3 Å². The number of nitrogens with two attached hydrogens (primary N) is 1. The number of carbonyl (C=O) groups is 1. The van der Waals surface area contributed by atoms with E-state index in [9.17, 15) is 4.79 Å². The van der Waals surface area contributed by atoms with Gasteiger partial charge in [-0.3, -0.25) is 14.7 Å². The van der Waals surface area contributed by atoms with Gasteiger partial charge in [0.1, 0.15) is 6.61 Å². The maximum Gasteiger partial charge on any atom is 0.407 e. The fourth-order valence-corrected chi connectivity index (χ4v) is 5.49. The van der Waals surface area contributed by atoms with Crippen molar-refractivity contribution in [2.24, 2.45) is 5.73 Å². The number of nitrogens with zero attached hydrogens (tertiary/aromatic N) is 3. The van der Waals surface area contributed by atoms with Crippen LogP contribution >= 0.6 is 0 Å². The molecule has 216 valence electrons. The third-order valence-corrected chi connectivity index (χ3v) is 7.77. The number of hydrogen-bond donors (Lipinski definition) is 3. The van der Waals surface area contributed by atoms with Crippen molar-refractivity contribution in [3.63, 3.8) is 0 Å². The number of hydrogen-bond acceptors (Lipinski definition) is 7. The lowest BCUT2D eigenvalue weighted by Gasteiger charge is -2.39. The number of amides is 1. The van der Waals surface area contributed by atoms with Crippen LogP contribution in [-0.2, 0) is 11.3 Å². The third-order valence-electron chi connectivity index (χ3n) is 7.77.